The molecule has 0 spiro atoms. The number of halogens is 1. The van der Waals surface area contributed by atoms with E-state index in [0.717, 1.165) is 0 Å². The van der Waals surface area contributed by atoms with Crippen molar-refractivity contribution in [2.75, 3.05) is 0 Å². The minimum Gasteiger partial charge on any atom is -0.299 e. The first kappa shape index (κ1) is 10.4. The number of ketones is 2. The Hall–Kier alpha value is -1.15. The maximum atomic E-state index is 11.7. The zero-order valence-corrected chi connectivity index (χ0v) is 8.96. The lowest BCUT2D eigenvalue weighted by atomic mass is 9.82. The molecule has 78 valence electrons. The first-order chi connectivity index (χ1) is 7.20. The van der Waals surface area contributed by atoms with Crippen LogP contribution in [0, 0.1) is 0 Å². The SMILES string of the molecule is O=C1CCCC(=O)C1c1ccccc1Cl. The molecule has 0 bridgehead atoms. The van der Waals surface area contributed by atoms with Crippen LogP contribution < -0.4 is 0 Å². The van der Waals surface area contributed by atoms with Crippen LogP contribution in [0.1, 0.15) is 30.7 Å². The van der Waals surface area contributed by atoms with Crippen LogP contribution in [0.15, 0.2) is 24.3 Å². The molecule has 1 aromatic rings. The maximum absolute atomic E-state index is 11.7. The van der Waals surface area contributed by atoms with E-state index >= 15 is 0 Å². The molecule has 1 saturated carbocycles. The number of hydrogen-bond donors (Lipinski definition) is 0. The first-order valence-corrected chi connectivity index (χ1v) is 5.38. The van der Waals surface area contributed by atoms with Gasteiger partial charge in [-0.05, 0) is 18.1 Å². The number of carbonyl (C=O) groups excluding carboxylic acids is 2. The highest BCUT2D eigenvalue weighted by molar-refractivity contribution is 6.32. The van der Waals surface area contributed by atoms with Gasteiger partial charge in [0.25, 0.3) is 0 Å². The summed E-state index contributed by atoms with van der Waals surface area (Å²) in [5, 5.41) is 0.506. The van der Waals surface area contributed by atoms with E-state index in [1.165, 1.54) is 0 Å². The van der Waals surface area contributed by atoms with Gasteiger partial charge in [-0.2, -0.15) is 0 Å². The Morgan fingerprint density at radius 3 is 2.27 bits per heavy atom. The molecule has 1 aliphatic carbocycles. The molecule has 0 aromatic heterocycles. The predicted molar refractivity (Wildman–Crippen MR) is 58.1 cm³/mol. The molecular formula is C12H11ClO2. The van der Waals surface area contributed by atoms with Crippen molar-refractivity contribution in [3.05, 3.63) is 34.9 Å². The van der Waals surface area contributed by atoms with Crippen LogP contribution >= 0.6 is 11.6 Å². The van der Waals surface area contributed by atoms with Crippen molar-refractivity contribution in [2.45, 2.75) is 25.2 Å². The van der Waals surface area contributed by atoms with Crippen molar-refractivity contribution in [1.29, 1.82) is 0 Å². The minimum atomic E-state index is -0.618. The Labute approximate surface area is 93.2 Å². The third-order valence-electron chi connectivity index (χ3n) is 2.71. The third-order valence-corrected chi connectivity index (χ3v) is 3.05. The Morgan fingerprint density at radius 1 is 1.07 bits per heavy atom. The zero-order chi connectivity index (χ0) is 10.8. The van der Waals surface area contributed by atoms with Gasteiger partial charge < -0.3 is 0 Å². The highest BCUT2D eigenvalue weighted by atomic mass is 35.5. The molecule has 2 nitrogen and oxygen atoms in total. The van der Waals surface area contributed by atoms with Gasteiger partial charge in [-0.15, -0.1) is 0 Å². The summed E-state index contributed by atoms with van der Waals surface area (Å²) in [7, 11) is 0. The second kappa shape index (κ2) is 4.15. The van der Waals surface area contributed by atoms with Gasteiger partial charge in [0.1, 0.15) is 17.5 Å². The number of benzene rings is 1. The van der Waals surface area contributed by atoms with Crippen molar-refractivity contribution in [1.82, 2.24) is 0 Å². The number of rotatable bonds is 1. The van der Waals surface area contributed by atoms with E-state index in [1.54, 1.807) is 24.3 Å². The highest BCUT2D eigenvalue weighted by Gasteiger charge is 2.32. The molecule has 2 rings (SSSR count). The molecule has 0 atom stereocenters. The second-order valence-electron chi connectivity index (χ2n) is 3.74. The Bertz CT molecular complexity index is 396. The molecule has 3 heteroatoms. The zero-order valence-electron chi connectivity index (χ0n) is 8.20. The van der Waals surface area contributed by atoms with E-state index in [4.69, 9.17) is 11.6 Å². The monoisotopic (exact) mass is 222 g/mol. The fourth-order valence-corrected chi connectivity index (χ4v) is 2.21. The predicted octanol–water partition coefficient (Wildman–Crippen LogP) is 2.75. The summed E-state index contributed by atoms with van der Waals surface area (Å²) >= 11 is 5.98. The molecule has 1 fully saturated rings. The highest BCUT2D eigenvalue weighted by Crippen LogP contribution is 2.31. The van der Waals surface area contributed by atoms with Gasteiger partial charge in [0.15, 0.2) is 0 Å². The molecule has 0 radical (unpaired) electrons. The van der Waals surface area contributed by atoms with Crippen LogP contribution in [0.3, 0.4) is 0 Å². The molecule has 0 amide bonds. The summed E-state index contributed by atoms with van der Waals surface area (Å²) in [5.41, 5.74) is 0.661. The Morgan fingerprint density at radius 2 is 1.67 bits per heavy atom. The smallest absolute Gasteiger partial charge is 0.147 e. The second-order valence-corrected chi connectivity index (χ2v) is 4.15. The number of carbonyl (C=O) groups is 2. The van der Waals surface area contributed by atoms with Gasteiger partial charge in [-0.25, -0.2) is 0 Å². The van der Waals surface area contributed by atoms with Crippen LogP contribution in [-0.4, -0.2) is 11.6 Å². The summed E-state index contributed by atoms with van der Waals surface area (Å²) in [5.74, 6) is -0.619. The van der Waals surface area contributed by atoms with Crippen LogP contribution in [-0.2, 0) is 9.59 Å². The number of hydrogen-bond acceptors (Lipinski definition) is 2. The molecule has 0 saturated heterocycles. The van der Waals surface area contributed by atoms with Gasteiger partial charge in [-0.1, -0.05) is 29.8 Å². The molecular weight excluding hydrogens is 212 g/mol. The summed E-state index contributed by atoms with van der Waals surface area (Å²) < 4.78 is 0. The molecule has 0 heterocycles. The fraction of sp³-hybridized carbons (Fsp3) is 0.333. The van der Waals surface area contributed by atoms with Crippen molar-refractivity contribution in [2.24, 2.45) is 0 Å². The van der Waals surface area contributed by atoms with Gasteiger partial charge >= 0.3 is 0 Å². The Balaban J connectivity index is 2.40. The summed E-state index contributed by atoms with van der Waals surface area (Å²) in [4.78, 5) is 23.4. The number of Topliss-reactive ketones (excluding diaryl/α,β-unsaturated/α-hetero) is 2. The van der Waals surface area contributed by atoms with Gasteiger partial charge in [0.05, 0.1) is 0 Å². The average Bonchev–Trinajstić information content (AvgIpc) is 2.20. The lowest BCUT2D eigenvalue weighted by Gasteiger charge is -2.20. The van der Waals surface area contributed by atoms with Crippen molar-refractivity contribution in [3.8, 4) is 0 Å². The summed E-state index contributed by atoms with van der Waals surface area (Å²) in [6.45, 7) is 0. The van der Waals surface area contributed by atoms with E-state index < -0.39 is 5.92 Å². The molecule has 15 heavy (non-hydrogen) atoms. The molecule has 0 unspecified atom stereocenters. The minimum absolute atomic E-state index is 0.000602. The van der Waals surface area contributed by atoms with Gasteiger partial charge in [0.2, 0.25) is 0 Å². The standard InChI is InChI=1S/C12H11ClO2/c13-9-5-2-1-4-8(9)12-10(14)6-3-7-11(12)15/h1-2,4-5,12H,3,6-7H2. The maximum Gasteiger partial charge on any atom is 0.147 e. The van der Waals surface area contributed by atoms with E-state index in [-0.39, 0.29) is 11.6 Å². The van der Waals surface area contributed by atoms with E-state index in [1.807, 2.05) is 0 Å². The van der Waals surface area contributed by atoms with Crippen molar-refractivity contribution < 1.29 is 9.59 Å². The van der Waals surface area contributed by atoms with E-state index in [2.05, 4.69) is 0 Å². The van der Waals surface area contributed by atoms with Gasteiger partial charge in [0, 0.05) is 17.9 Å². The first-order valence-electron chi connectivity index (χ1n) is 5.00. The molecule has 0 N–H and O–H groups in total. The summed E-state index contributed by atoms with van der Waals surface area (Å²) in [6.07, 6.45) is 1.65. The molecule has 0 aliphatic heterocycles. The average molecular weight is 223 g/mol. The van der Waals surface area contributed by atoms with E-state index in [0.29, 0.717) is 29.8 Å². The normalized spacial score (nSPS) is 18.2. The van der Waals surface area contributed by atoms with Crippen LogP contribution in [0.25, 0.3) is 0 Å². The lowest BCUT2D eigenvalue weighted by Crippen LogP contribution is -2.26. The Kier molecular flexibility index (Phi) is 2.87. The van der Waals surface area contributed by atoms with Crippen LogP contribution in [0.2, 0.25) is 5.02 Å². The largest absolute Gasteiger partial charge is 0.299 e. The van der Waals surface area contributed by atoms with Crippen LogP contribution in [0.4, 0.5) is 0 Å². The quantitative estimate of drug-likeness (QED) is 0.685. The molecule has 1 aromatic carbocycles. The summed E-state index contributed by atoms with van der Waals surface area (Å²) in [6, 6.07) is 7.07. The fourth-order valence-electron chi connectivity index (χ4n) is 1.96. The molecule has 1 aliphatic rings. The van der Waals surface area contributed by atoms with Gasteiger partial charge in [-0.3, -0.25) is 9.59 Å². The van der Waals surface area contributed by atoms with Crippen molar-refractivity contribution >= 4 is 23.2 Å². The topological polar surface area (TPSA) is 34.1 Å². The lowest BCUT2D eigenvalue weighted by molar-refractivity contribution is -0.131. The van der Waals surface area contributed by atoms with Crippen molar-refractivity contribution in [3.63, 3.8) is 0 Å². The third kappa shape index (κ3) is 1.95. The van der Waals surface area contributed by atoms with Crippen LogP contribution in [0.5, 0.6) is 0 Å². The van der Waals surface area contributed by atoms with E-state index in [9.17, 15) is 9.59 Å².